The zero-order chi connectivity index (χ0) is 12.3. The van der Waals surface area contributed by atoms with E-state index in [0.717, 1.165) is 23.1 Å². The number of benzene rings is 2. The Labute approximate surface area is 105 Å². The molecule has 0 radical (unpaired) electrons. The van der Waals surface area contributed by atoms with E-state index in [1.807, 2.05) is 24.3 Å². The minimum atomic E-state index is -0.238. The first-order valence-electron chi connectivity index (χ1n) is 5.45. The lowest BCUT2D eigenvalue weighted by Crippen LogP contribution is -2.03. The summed E-state index contributed by atoms with van der Waals surface area (Å²) in [4.78, 5) is 0. The van der Waals surface area contributed by atoms with Crippen molar-refractivity contribution >= 4 is 11.6 Å². The van der Waals surface area contributed by atoms with Crippen molar-refractivity contribution < 1.29 is 4.39 Å². The molecule has 0 aliphatic rings. The molecule has 0 atom stereocenters. The van der Waals surface area contributed by atoms with Crippen molar-refractivity contribution in [1.29, 1.82) is 0 Å². The van der Waals surface area contributed by atoms with E-state index in [4.69, 9.17) is 17.3 Å². The second-order valence-electron chi connectivity index (χ2n) is 3.86. The van der Waals surface area contributed by atoms with E-state index in [1.54, 1.807) is 6.07 Å². The Kier molecular flexibility index (Phi) is 3.77. The maximum absolute atomic E-state index is 13.1. The topological polar surface area (TPSA) is 26.0 Å². The normalized spacial score (nSPS) is 10.5. The summed E-state index contributed by atoms with van der Waals surface area (Å²) < 4.78 is 13.1. The molecule has 2 aromatic rings. The van der Waals surface area contributed by atoms with Crippen molar-refractivity contribution in [2.24, 2.45) is 5.73 Å². The van der Waals surface area contributed by atoms with Gasteiger partial charge in [-0.25, -0.2) is 4.39 Å². The molecular formula is C14H13ClFN. The highest BCUT2D eigenvalue weighted by Gasteiger charge is 2.04. The van der Waals surface area contributed by atoms with Gasteiger partial charge in [0.2, 0.25) is 0 Å². The van der Waals surface area contributed by atoms with Gasteiger partial charge in [-0.1, -0.05) is 29.8 Å². The van der Waals surface area contributed by atoms with Gasteiger partial charge >= 0.3 is 0 Å². The van der Waals surface area contributed by atoms with Crippen LogP contribution in [0.2, 0.25) is 5.02 Å². The molecule has 0 spiro atoms. The van der Waals surface area contributed by atoms with Crippen LogP contribution in [0, 0.1) is 5.82 Å². The maximum Gasteiger partial charge on any atom is 0.123 e. The van der Waals surface area contributed by atoms with Crippen LogP contribution in [0.25, 0.3) is 11.1 Å². The fourth-order valence-corrected chi connectivity index (χ4v) is 1.98. The van der Waals surface area contributed by atoms with Gasteiger partial charge in [-0.05, 0) is 53.9 Å². The molecule has 0 bridgehead atoms. The van der Waals surface area contributed by atoms with E-state index in [2.05, 4.69) is 0 Å². The fourth-order valence-electron chi connectivity index (χ4n) is 1.77. The summed E-state index contributed by atoms with van der Waals surface area (Å²) in [5, 5.41) is 0.704. The van der Waals surface area contributed by atoms with Crippen LogP contribution in [0.5, 0.6) is 0 Å². The van der Waals surface area contributed by atoms with Gasteiger partial charge in [0.05, 0.1) is 0 Å². The number of halogens is 2. The van der Waals surface area contributed by atoms with Crippen LogP contribution in [0.4, 0.5) is 4.39 Å². The molecule has 0 heterocycles. The molecule has 0 aromatic heterocycles. The Bertz CT molecular complexity index is 525. The van der Waals surface area contributed by atoms with Crippen molar-refractivity contribution in [3.05, 3.63) is 58.9 Å². The van der Waals surface area contributed by atoms with Crippen molar-refractivity contribution in [1.82, 2.24) is 0 Å². The van der Waals surface area contributed by atoms with E-state index in [0.29, 0.717) is 11.6 Å². The summed E-state index contributed by atoms with van der Waals surface area (Å²) in [6.07, 6.45) is 0.724. The highest BCUT2D eigenvalue weighted by atomic mass is 35.5. The molecule has 2 rings (SSSR count). The molecule has 17 heavy (non-hydrogen) atoms. The first kappa shape index (κ1) is 12.1. The van der Waals surface area contributed by atoms with Crippen LogP contribution in [0.15, 0.2) is 42.5 Å². The molecule has 0 unspecified atom stereocenters. The third-order valence-electron chi connectivity index (χ3n) is 2.62. The van der Waals surface area contributed by atoms with E-state index in [-0.39, 0.29) is 5.82 Å². The summed E-state index contributed by atoms with van der Waals surface area (Å²) >= 11 is 6.06. The lowest BCUT2D eigenvalue weighted by atomic mass is 10.0. The first-order valence-corrected chi connectivity index (χ1v) is 5.83. The average molecular weight is 250 g/mol. The van der Waals surface area contributed by atoms with E-state index >= 15 is 0 Å². The molecule has 2 aromatic carbocycles. The van der Waals surface area contributed by atoms with E-state index in [9.17, 15) is 4.39 Å². The Morgan fingerprint density at radius 2 is 1.82 bits per heavy atom. The second-order valence-corrected chi connectivity index (χ2v) is 4.26. The van der Waals surface area contributed by atoms with Crippen molar-refractivity contribution in [3.63, 3.8) is 0 Å². The molecule has 0 fully saturated rings. The van der Waals surface area contributed by atoms with Gasteiger partial charge in [0, 0.05) is 5.02 Å². The van der Waals surface area contributed by atoms with E-state index in [1.165, 1.54) is 12.1 Å². The molecule has 0 aliphatic carbocycles. The van der Waals surface area contributed by atoms with Gasteiger partial charge in [0.1, 0.15) is 5.82 Å². The highest BCUT2D eigenvalue weighted by molar-refractivity contribution is 6.31. The number of rotatable bonds is 3. The smallest absolute Gasteiger partial charge is 0.123 e. The Morgan fingerprint density at radius 1 is 1.06 bits per heavy atom. The maximum atomic E-state index is 13.1. The lowest BCUT2D eigenvalue weighted by Gasteiger charge is -2.07. The minimum absolute atomic E-state index is 0.238. The van der Waals surface area contributed by atoms with Crippen molar-refractivity contribution in [3.8, 4) is 11.1 Å². The highest BCUT2D eigenvalue weighted by Crippen LogP contribution is 2.25. The summed E-state index contributed by atoms with van der Waals surface area (Å²) in [5.74, 6) is -0.238. The first-order chi connectivity index (χ1) is 8.20. The van der Waals surface area contributed by atoms with Gasteiger partial charge in [-0.2, -0.15) is 0 Å². The second kappa shape index (κ2) is 5.30. The molecule has 88 valence electrons. The summed E-state index contributed by atoms with van der Waals surface area (Å²) in [5.41, 5.74) is 8.32. The lowest BCUT2D eigenvalue weighted by molar-refractivity contribution is 0.628. The van der Waals surface area contributed by atoms with Crippen LogP contribution in [-0.2, 0) is 6.42 Å². The van der Waals surface area contributed by atoms with E-state index < -0.39 is 0 Å². The van der Waals surface area contributed by atoms with Crippen LogP contribution >= 0.6 is 11.6 Å². The molecule has 0 saturated carbocycles. The Morgan fingerprint density at radius 3 is 2.53 bits per heavy atom. The van der Waals surface area contributed by atoms with Crippen molar-refractivity contribution in [2.75, 3.05) is 6.54 Å². The quantitative estimate of drug-likeness (QED) is 0.883. The largest absolute Gasteiger partial charge is 0.330 e. The predicted molar refractivity (Wildman–Crippen MR) is 69.6 cm³/mol. The van der Waals surface area contributed by atoms with Crippen LogP contribution in [0.1, 0.15) is 5.56 Å². The number of hydrogen-bond donors (Lipinski definition) is 1. The Hall–Kier alpha value is -1.38. The minimum Gasteiger partial charge on any atom is -0.330 e. The zero-order valence-electron chi connectivity index (χ0n) is 9.29. The number of nitrogens with two attached hydrogens (primary N) is 1. The molecular weight excluding hydrogens is 237 g/mol. The summed E-state index contributed by atoms with van der Waals surface area (Å²) in [6.45, 7) is 0.548. The van der Waals surface area contributed by atoms with Crippen molar-refractivity contribution in [2.45, 2.75) is 6.42 Å². The molecule has 3 heteroatoms. The fraction of sp³-hybridized carbons (Fsp3) is 0.143. The molecule has 0 aliphatic heterocycles. The molecule has 0 saturated heterocycles. The van der Waals surface area contributed by atoms with Gasteiger partial charge in [-0.3, -0.25) is 0 Å². The molecule has 1 nitrogen and oxygen atoms in total. The van der Waals surface area contributed by atoms with Gasteiger partial charge in [0.15, 0.2) is 0 Å². The Balaban J connectivity index is 2.42. The summed E-state index contributed by atoms with van der Waals surface area (Å²) in [7, 11) is 0. The van der Waals surface area contributed by atoms with Crippen LogP contribution in [-0.4, -0.2) is 6.54 Å². The van der Waals surface area contributed by atoms with Gasteiger partial charge < -0.3 is 5.73 Å². The standard InChI is InChI=1S/C14H13ClFN/c15-14-5-4-11(8-12(14)6-7-17)10-2-1-3-13(16)9-10/h1-5,8-9H,6-7,17H2. The summed E-state index contributed by atoms with van der Waals surface area (Å²) in [6, 6.07) is 12.2. The van der Waals surface area contributed by atoms with Crippen LogP contribution < -0.4 is 5.73 Å². The van der Waals surface area contributed by atoms with Gasteiger partial charge in [-0.15, -0.1) is 0 Å². The monoisotopic (exact) mass is 249 g/mol. The molecule has 0 amide bonds. The number of hydrogen-bond acceptors (Lipinski definition) is 1. The zero-order valence-corrected chi connectivity index (χ0v) is 10.0. The van der Waals surface area contributed by atoms with Gasteiger partial charge in [0.25, 0.3) is 0 Å². The SMILES string of the molecule is NCCc1cc(-c2cccc(F)c2)ccc1Cl. The predicted octanol–water partition coefficient (Wildman–Crippen LogP) is 3.65. The third-order valence-corrected chi connectivity index (χ3v) is 2.99. The molecule has 2 N–H and O–H groups in total. The average Bonchev–Trinajstić information content (AvgIpc) is 2.32. The van der Waals surface area contributed by atoms with Crippen LogP contribution in [0.3, 0.4) is 0 Å². The third kappa shape index (κ3) is 2.84.